The van der Waals surface area contributed by atoms with Crippen molar-refractivity contribution in [1.29, 1.82) is 0 Å². The van der Waals surface area contributed by atoms with Crippen LogP contribution in [-0.2, 0) is 14.8 Å². The molecule has 1 saturated carbocycles. The molecule has 2 N–H and O–H groups in total. The predicted molar refractivity (Wildman–Crippen MR) is 128 cm³/mol. The summed E-state index contributed by atoms with van der Waals surface area (Å²) in [5, 5.41) is 21.8. The molecule has 1 fully saturated rings. The van der Waals surface area contributed by atoms with E-state index < -0.39 is 39.3 Å². The SMILES string of the molecule is CC(C)(C)OC1C(O)C(O)CC1C(O[SiH2]C(C)(C)C)(c1ccccc1)c1ccccc1. The Balaban J connectivity index is 2.22. The zero-order chi connectivity index (χ0) is 22.9. The highest BCUT2D eigenvalue weighted by Gasteiger charge is 2.56. The van der Waals surface area contributed by atoms with Crippen LogP contribution in [0.3, 0.4) is 0 Å². The molecule has 4 atom stereocenters. The van der Waals surface area contributed by atoms with E-state index in [0.717, 1.165) is 11.1 Å². The predicted octanol–water partition coefficient (Wildman–Crippen LogP) is 4.17. The Morgan fingerprint density at radius 1 is 0.806 bits per heavy atom. The van der Waals surface area contributed by atoms with Gasteiger partial charge in [0, 0.05) is 5.92 Å². The average Bonchev–Trinajstić information content (AvgIpc) is 2.97. The van der Waals surface area contributed by atoms with Crippen molar-refractivity contribution in [2.75, 3.05) is 0 Å². The van der Waals surface area contributed by atoms with Crippen molar-refractivity contribution in [3.05, 3.63) is 71.8 Å². The molecule has 4 nitrogen and oxygen atoms in total. The van der Waals surface area contributed by atoms with Gasteiger partial charge in [-0.3, -0.25) is 0 Å². The van der Waals surface area contributed by atoms with Crippen molar-refractivity contribution >= 4 is 9.76 Å². The fraction of sp³-hybridized carbons (Fsp3) is 0.538. The Morgan fingerprint density at radius 2 is 1.29 bits per heavy atom. The third-order valence-electron chi connectivity index (χ3n) is 5.77. The van der Waals surface area contributed by atoms with Gasteiger partial charge in [-0.05, 0) is 43.4 Å². The Kier molecular flexibility index (Phi) is 7.14. The van der Waals surface area contributed by atoms with Crippen LogP contribution in [0.1, 0.15) is 59.1 Å². The van der Waals surface area contributed by atoms with Gasteiger partial charge in [-0.15, -0.1) is 0 Å². The quantitative estimate of drug-likeness (QED) is 0.659. The minimum Gasteiger partial charge on any atom is -0.410 e. The maximum atomic E-state index is 11.0. The summed E-state index contributed by atoms with van der Waals surface area (Å²) in [6.07, 6.45) is -1.96. The second kappa shape index (κ2) is 9.16. The van der Waals surface area contributed by atoms with E-state index in [1.165, 1.54) is 0 Å². The van der Waals surface area contributed by atoms with Gasteiger partial charge in [0.1, 0.15) is 11.7 Å². The molecule has 2 aromatic rings. The molecule has 0 aromatic heterocycles. The van der Waals surface area contributed by atoms with E-state index in [4.69, 9.17) is 9.16 Å². The summed E-state index contributed by atoms with van der Waals surface area (Å²) in [7, 11) is -0.993. The van der Waals surface area contributed by atoms with Crippen molar-refractivity contribution in [2.24, 2.45) is 5.92 Å². The molecular weight excluding hydrogens is 404 g/mol. The van der Waals surface area contributed by atoms with Crippen LogP contribution < -0.4 is 0 Å². The fourth-order valence-electron chi connectivity index (χ4n) is 4.52. The van der Waals surface area contributed by atoms with Crippen molar-refractivity contribution in [2.45, 2.75) is 82.5 Å². The lowest BCUT2D eigenvalue weighted by Crippen LogP contribution is -2.49. The van der Waals surface area contributed by atoms with Crippen molar-refractivity contribution < 1.29 is 19.4 Å². The second-order valence-electron chi connectivity index (χ2n) is 10.9. The number of benzene rings is 2. The van der Waals surface area contributed by atoms with Gasteiger partial charge < -0.3 is 19.4 Å². The number of aliphatic hydroxyl groups excluding tert-OH is 2. The van der Waals surface area contributed by atoms with E-state index in [9.17, 15) is 10.2 Å². The maximum absolute atomic E-state index is 11.0. The highest BCUT2D eigenvalue weighted by atomic mass is 28.2. The molecule has 170 valence electrons. The lowest BCUT2D eigenvalue weighted by molar-refractivity contribution is -0.147. The monoisotopic (exact) mass is 442 g/mol. The van der Waals surface area contributed by atoms with Gasteiger partial charge in [-0.2, -0.15) is 0 Å². The molecule has 1 aliphatic carbocycles. The largest absolute Gasteiger partial charge is 0.410 e. The topological polar surface area (TPSA) is 58.9 Å². The first-order valence-electron chi connectivity index (χ1n) is 11.2. The summed E-state index contributed by atoms with van der Waals surface area (Å²) >= 11 is 0. The van der Waals surface area contributed by atoms with Crippen molar-refractivity contribution in [3.63, 3.8) is 0 Å². The Bertz CT molecular complexity index is 786. The zero-order valence-electron chi connectivity index (χ0n) is 19.7. The first-order chi connectivity index (χ1) is 14.4. The Labute approximate surface area is 189 Å². The van der Waals surface area contributed by atoms with Gasteiger partial charge in [0.05, 0.1) is 17.8 Å². The third-order valence-corrected chi connectivity index (χ3v) is 7.24. The smallest absolute Gasteiger partial charge is 0.168 e. The number of ether oxygens (including phenoxy) is 1. The third kappa shape index (κ3) is 5.47. The zero-order valence-corrected chi connectivity index (χ0v) is 21.1. The van der Waals surface area contributed by atoms with E-state index in [2.05, 4.69) is 45.0 Å². The molecule has 1 aliphatic rings. The summed E-state index contributed by atoms with van der Waals surface area (Å²) < 4.78 is 13.4. The summed E-state index contributed by atoms with van der Waals surface area (Å²) in [4.78, 5) is 0. The van der Waals surface area contributed by atoms with Crippen LogP contribution in [0.15, 0.2) is 60.7 Å². The van der Waals surface area contributed by atoms with Crippen molar-refractivity contribution in [1.82, 2.24) is 0 Å². The molecule has 0 spiro atoms. The molecule has 3 rings (SSSR count). The molecule has 0 amide bonds. The molecule has 0 aliphatic heterocycles. The lowest BCUT2D eigenvalue weighted by atomic mass is 9.74. The van der Waals surface area contributed by atoms with Gasteiger partial charge in [-0.1, -0.05) is 81.4 Å². The first-order valence-corrected chi connectivity index (χ1v) is 12.5. The van der Waals surface area contributed by atoms with E-state index in [-0.39, 0.29) is 11.0 Å². The minimum absolute atomic E-state index is 0.0744. The van der Waals surface area contributed by atoms with Gasteiger partial charge in [0.15, 0.2) is 9.76 Å². The van der Waals surface area contributed by atoms with Crippen molar-refractivity contribution in [3.8, 4) is 0 Å². The molecule has 5 heteroatoms. The van der Waals surface area contributed by atoms with Crippen LogP contribution in [0.25, 0.3) is 0 Å². The molecule has 0 bridgehead atoms. The van der Waals surface area contributed by atoms with E-state index in [0.29, 0.717) is 6.42 Å². The van der Waals surface area contributed by atoms with Gasteiger partial charge in [-0.25, -0.2) is 0 Å². The van der Waals surface area contributed by atoms with Crippen LogP contribution in [-0.4, -0.2) is 43.9 Å². The van der Waals surface area contributed by atoms with Gasteiger partial charge in [0.2, 0.25) is 0 Å². The summed E-state index contributed by atoms with van der Waals surface area (Å²) in [5.74, 6) is -0.239. The Morgan fingerprint density at radius 3 is 1.71 bits per heavy atom. The second-order valence-corrected chi connectivity index (χ2v) is 13.6. The van der Waals surface area contributed by atoms with E-state index >= 15 is 0 Å². The molecular formula is C26H38O4Si. The maximum Gasteiger partial charge on any atom is 0.168 e. The van der Waals surface area contributed by atoms with Gasteiger partial charge >= 0.3 is 0 Å². The molecule has 0 radical (unpaired) electrons. The summed E-state index contributed by atoms with van der Waals surface area (Å²) in [6.45, 7) is 12.6. The number of aliphatic hydroxyl groups is 2. The fourth-order valence-corrected chi connectivity index (χ4v) is 5.73. The van der Waals surface area contributed by atoms with E-state index in [1.807, 2.05) is 57.2 Å². The molecule has 0 heterocycles. The summed E-state index contributed by atoms with van der Waals surface area (Å²) in [5.41, 5.74) is 0.795. The number of rotatable bonds is 6. The first kappa shape index (κ1) is 24.1. The van der Waals surface area contributed by atoms with Gasteiger partial charge in [0.25, 0.3) is 0 Å². The molecule has 4 unspecified atom stereocenters. The van der Waals surface area contributed by atoms with Crippen LogP contribution in [0.5, 0.6) is 0 Å². The number of hydrogen-bond acceptors (Lipinski definition) is 4. The highest BCUT2D eigenvalue weighted by molar-refractivity contribution is 6.32. The number of hydrogen-bond donors (Lipinski definition) is 2. The minimum atomic E-state index is -0.993. The normalized spacial score (nSPS) is 25.4. The highest BCUT2D eigenvalue weighted by Crippen LogP contribution is 2.50. The lowest BCUT2D eigenvalue weighted by Gasteiger charge is -2.45. The Hall–Kier alpha value is -1.50. The van der Waals surface area contributed by atoms with E-state index in [1.54, 1.807) is 0 Å². The molecule has 0 saturated heterocycles. The average molecular weight is 443 g/mol. The van der Waals surface area contributed by atoms with Crippen LogP contribution in [0, 0.1) is 5.92 Å². The van der Waals surface area contributed by atoms with Crippen LogP contribution in [0.4, 0.5) is 0 Å². The molecule has 31 heavy (non-hydrogen) atoms. The van der Waals surface area contributed by atoms with Crippen LogP contribution >= 0.6 is 0 Å². The standard InChI is InChI=1S/C26H38O4Si/c1-24(2,3)29-23-20(17-21(27)22(23)28)26(30-31-25(4,5)6,18-13-9-7-10-14-18)19-15-11-8-12-16-19/h7-16,20-23,27-28H,17,31H2,1-6H3. The van der Waals surface area contributed by atoms with Crippen LogP contribution in [0.2, 0.25) is 5.04 Å². The summed E-state index contributed by atoms with van der Waals surface area (Å²) in [6, 6.07) is 20.5. The molecule has 2 aromatic carbocycles.